The van der Waals surface area contributed by atoms with Crippen LogP contribution in [0.2, 0.25) is 0 Å². The van der Waals surface area contributed by atoms with Crippen LogP contribution in [0.1, 0.15) is 49.5 Å². The van der Waals surface area contributed by atoms with Gasteiger partial charge >= 0.3 is 0 Å². The minimum absolute atomic E-state index is 0.0565. The Morgan fingerprint density at radius 1 is 1.35 bits per heavy atom. The summed E-state index contributed by atoms with van der Waals surface area (Å²) in [5, 5.41) is 3.54. The lowest BCUT2D eigenvalue weighted by Crippen LogP contribution is -2.28. The van der Waals surface area contributed by atoms with E-state index in [1.807, 2.05) is 12.1 Å². The second-order valence-electron chi connectivity index (χ2n) is 5.96. The van der Waals surface area contributed by atoms with Crippen LogP contribution in [0, 0.1) is 5.92 Å². The van der Waals surface area contributed by atoms with Crippen LogP contribution in [0.15, 0.2) is 18.3 Å². The molecule has 1 unspecified atom stereocenters. The molecule has 0 aliphatic heterocycles. The fourth-order valence-corrected chi connectivity index (χ4v) is 2.88. The van der Waals surface area contributed by atoms with E-state index in [0.717, 1.165) is 11.6 Å². The third kappa shape index (κ3) is 3.71. The molecule has 1 amide bonds. The molecule has 1 aliphatic carbocycles. The van der Waals surface area contributed by atoms with Gasteiger partial charge in [0.2, 0.25) is 0 Å². The molecule has 110 valence electrons. The van der Waals surface area contributed by atoms with Gasteiger partial charge in [-0.05, 0) is 37.8 Å². The summed E-state index contributed by atoms with van der Waals surface area (Å²) in [6, 6.07) is 4.23. The highest BCUT2D eigenvalue weighted by atomic mass is 16.2. The summed E-state index contributed by atoms with van der Waals surface area (Å²) in [7, 11) is 3.49. The Labute approximate surface area is 121 Å². The van der Waals surface area contributed by atoms with Crippen molar-refractivity contribution in [3.63, 3.8) is 0 Å². The predicted molar refractivity (Wildman–Crippen MR) is 81.9 cm³/mol. The Balaban J connectivity index is 2.01. The average Bonchev–Trinajstić information content (AvgIpc) is 2.47. The van der Waals surface area contributed by atoms with Gasteiger partial charge in [-0.1, -0.05) is 19.3 Å². The van der Waals surface area contributed by atoms with E-state index in [9.17, 15) is 4.79 Å². The van der Waals surface area contributed by atoms with Crippen LogP contribution < -0.4 is 5.32 Å². The van der Waals surface area contributed by atoms with Crippen molar-refractivity contribution in [3.8, 4) is 0 Å². The molecule has 0 radical (unpaired) electrons. The lowest BCUT2D eigenvalue weighted by molar-refractivity contribution is 0.0822. The Morgan fingerprint density at radius 3 is 2.70 bits per heavy atom. The zero-order valence-electron chi connectivity index (χ0n) is 12.7. The fraction of sp³-hybridized carbons (Fsp3) is 0.625. The molecule has 1 atom stereocenters. The number of carbonyl (C=O) groups excluding carboxylic acids is 1. The number of nitrogens with one attached hydrogen (secondary N) is 1. The van der Waals surface area contributed by atoms with Crippen molar-refractivity contribution >= 4 is 11.6 Å². The highest BCUT2D eigenvalue weighted by molar-refractivity contribution is 5.92. The van der Waals surface area contributed by atoms with E-state index in [4.69, 9.17) is 0 Å². The van der Waals surface area contributed by atoms with Crippen LogP contribution in [0.3, 0.4) is 0 Å². The van der Waals surface area contributed by atoms with E-state index >= 15 is 0 Å². The molecule has 0 spiro atoms. The highest BCUT2D eigenvalue weighted by Crippen LogP contribution is 2.28. The Hall–Kier alpha value is -1.58. The van der Waals surface area contributed by atoms with Gasteiger partial charge in [0, 0.05) is 32.0 Å². The molecule has 1 aromatic rings. The van der Waals surface area contributed by atoms with Gasteiger partial charge in [0.15, 0.2) is 0 Å². The monoisotopic (exact) mass is 275 g/mol. The topological polar surface area (TPSA) is 45.2 Å². The number of nitrogens with zero attached hydrogens (tertiary/aromatic N) is 2. The molecule has 0 saturated heterocycles. The molecule has 2 rings (SSSR count). The first-order valence-corrected chi connectivity index (χ1v) is 7.52. The molecule has 0 bridgehead atoms. The van der Waals surface area contributed by atoms with E-state index in [-0.39, 0.29) is 5.91 Å². The quantitative estimate of drug-likeness (QED) is 0.918. The maximum Gasteiger partial charge on any atom is 0.272 e. The van der Waals surface area contributed by atoms with Crippen LogP contribution in [-0.2, 0) is 0 Å². The number of hydrogen-bond donors (Lipinski definition) is 1. The largest absolute Gasteiger partial charge is 0.382 e. The first kappa shape index (κ1) is 14.8. The zero-order valence-corrected chi connectivity index (χ0v) is 12.7. The molecule has 0 aromatic carbocycles. The van der Waals surface area contributed by atoms with E-state index in [1.165, 1.54) is 32.1 Å². The van der Waals surface area contributed by atoms with E-state index in [0.29, 0.717) is 11.7 Å². The van der Waals surface area contributed by atoms with Crippen LogP contribution in [-0.4, -0.2) is 35.9 Å². The fourth-order valence-electron chi connectivity index (χ4n) is 2.88. The maximum atomic E-state index is 11.9. The van der Waals surface area contributed by atoms with E-state index in [2.05, 4.69) is 17.2 Å². The van der Waals surface area contributed by atoms with Gasteiger partial charge in [0.25, 0.3) is 5.91 Å². The number of carbonyl (C=O) groups is 1. The van der Waals surface area contributed by atoms with Crippen LogP contribution in [0.4, 0.5) is 5.69 Å². The molecule has 4 heteroatoms. The summed E-state index contributed by atoms with van der Waals surface area (Å²) in [5.41, 5.74) is 1.49. The van der Waals surface area contributed by atoms with Gasteiger partial charge in [0.1, 0.15) is 5.69 Å². The second kappa shape index (κ2) is 6.73. The van der Waals surface area contributed by atoms with Crippen LogP contribution >= 0.6 is 0 Å². The van der Waals surface area contributed by atoms with Crippen molar-refractivity contribution in [1.29, 1.82) is 0 Å². The molecule has 20 heavy (non-hydrogen) atoms. The molecule has 1 heterocycles. The summed E-state index contributed by atoms with van der Waals surface area (Å²) in [4.78, 5) is 17.6. The van der Waals surface area contributed by atoms with Gasteiger partial charge in [-0.15, -0.1) is 0 Å². The number of anilines is 1. The molecular weight excluding hydrogens is 250 g/mol. The van der Waals surface area contributed by atoms with Crippen molar-refractivity contribution in [1.82, 2.24) is 9.88 Å². The van der Waals surface area contributed by atoms with E-state index in [1.54, 1.807) is 25.2 Å². The predicted octanol–water partition coefficient (Wildman–Crippen LogP) is 3.16. The number of pyridine rings is 1. The first-order valence-electron chi connectivity index (χ1n) is 7.52. The maximum absolute atomic E-state index is 11.9. The summed E-state index contributed by atoms with van der Waals surface area (Å²) in [6.45, 7) is 2.24. The van der Waals surface area contributed by atoms with Crippen molar-refractivity contribution in [2.24, 2.45) is 5.92 Å². The van der Waals surface area contributed by atoms with E-state index < -0.39 is 0 Å². The lowest BCUT2D eigenvalue weighted by Gasteiger charge is -2.29. The highest BCUT2D eigenvalue weighted by Gasteiger charge is 2.20. The summed E-state index contributed by atoms with van der Waals surface area (Å²) < 4.78 is 0. The van der Waals surface area contributed by atoms with Crippen LogP contribution in [0.25, 0.3) is 0 Å². The van der Waals surface area contributed by atoms with Crippen molar-refractivity contribution in [3.05, 3.63) is 24.0 Å². The Bertz CT molecular complexity index is 453. The molecule has 1 saturated carbocycles. The number of hydrogen-bond acceptors (Lipinski definition) is 3. The summed E-state index contributed by atoms with van der Waals surface area (Å²) in [5.74, 6) is 0.684. The number of aromatic nitrogens is 1. The Morgan fingerprint density at radius 2 is 2.05 bits per heavy atom. The number of amides is 1. The van der Waals surface area contributed by atoms with Gasteiger partial charge in [0.05, 0.1) is 0 Å². The van der Waals surface area contributed by atoms with Crippen molar-refractivity contribution in [2.45, 2.75) is 45.1 Å². The average molecular weight is 275 g/mol. The standard InChI is InChI=1S/C16H25N3O/c1-12(13-7-5-4-6-8-13)18-14-9-10-17-15(11-14)16(20)19(2)3/h9-13H,4-8H2,1-3H3,(H,17,18). The molecule has 1 N–H and O–H groups in total. The third-order valence-corrected chi connectivity index (χ3v) is 4.14. The first-order chi connectivity index (χ1) is 9.58. The van der Waals surface area contributed by atoms with Gasteiger partial charge in [-0.25, -0.2) is 0 Å². The zero-order chi connectivity index (χ0) is 14.5. The SMILES string of the molecule is CC(Nc1ccnc(C(=O)N(C)C)c1)C1CCCCC1. The minimum Gasteiger partial charge on any atom is -0.382 e. The molecule has 4 nitrogen and oxygen atoms in total. The Kier molecular flexibility index (Phi) is 4.99. The van der Waals surface area contributed by atoms with Gasteiger partial charge < -0.3 is 10.2 Å². The summed E-state index contributed by atoms with van der Waals surface area (Å²) in [6.07, 6.45) is 8.38. The van der Waals surface area contributed by atoms with Crippen molar-refractivity contribution < 1.29 is 4.79 Å². The van der Waals surface area contributed by atoms with Gasteiger partial charge in [-0.3, -0.25) is 9.78 Å². The number of rotatable bonds is 4. The van der Waals surface area contributed by atoms with Gasteiger partial charge in [-0.2, -0.15) is 0 Å². The summed E-state index contributed by atoms with van der Waals surface area (Å²) >= 11 is 0. The molecule has 1 fully saturated rings. The normalized spacial score (nSPS) is 17.6. The third-order valence-electron chi connectivity index (χ3n) is 4.14. The molecular formula is C16H25N3O. The van der Waals surface area contributed by atoms with Crippen LogP contribution in [0.5, 0.6) is 0 Å². The minimum atomic E-state index is -0.0565. The molecule has 1 aliphatic rings. The molecule has 1 aromatic heterocycles. The van der Waals surface area contributed by atoms with Crippen molar-refractivity contribution in [2.75, 3.05) is 19.4 Å². The second-order valence-corrected chi connectivity index (χ2v) is 5.96. The smallest absolute Gasteiger partial charge is 0.272 e. The lowest BCUT2D eigenvalue weighted by atomic mass is 9.84.